The number of pyridine rings is 2. The highest BCUT2D eigenvalue weighted by Crippen LogP contribution is 2.35. The Hall–Kier alpha value is -4.72. The first-order chi connectivity index (χ1) is 21.7. The largest absolute Gasteiger partial charge is 0.453 e. The van der Waals surface area contributed by atoms with Crippen molar-refractivity contribution in [1.82, 2.24) is 24.3 Å². The van der Waals surface area contributed by atoms with E-state index in [1.807, 2.05) is 7.05 Å². The molecule has 4 heterocycles. The van der Waals surface area contributed by atoms with Crippen LogP contribution < -0.4 is 15.6 Å². The van der Waals surface area contributed by atoms with Crippen molar-refractivity contribution < 1.29 is 23.1 Å². The second kappa shape index (κ2) is 12.7. The molecule has 5 aromatic rings. The number of thiazole rings is 1. The minimum absolute atomic E-state index is 0.00602. The number of hydrogen-bond donors (Lipinski definition) is 1. The molecule has 14 heteroatoms. The number of anilines is 1. The fourth-order valence-corrected chi connectivity index (χ4v) is 5.86. The van der Waals surface area contributed by atoms with E-state index >= 15 is 4.39 Å². The summed E-state index contributed by atoms with van der Waals surface area (Å²) < 4.78 is 35.7. The number of ether oxygens (including phenoxy) is 1. The summed E-state index contributed by atoms with van der Waals surface area (Å²) in [7, 11) is 1.98. The van der Waals surface area contributed by atoms with Crippen molar-refractivity contribution >= 4 is 50.9 Å². The van der Waals surface area contributed by atoms with Gasteiger partial charge in [-0.15, -0.1) is 11.3 Å². The summed E-state index contributed by atoms with van der Waals surface area (Å²) >= 11 is 7.66. The number of nitrogens with one attached hydrogen (secondary N) is 1. The van der Waals surface area contributed by atoms with Gasteiger partial charge in [0.15, 0.2) is 28.9 Å². The number of carbonyl (C=O) groups is 2. The summed E-state index contributed by atoms with van der Waals surface area (Å²) in [5, 5.41) is 2.67. The molecule has 1 aliphatic heterocycles. The molecule has 0 aliphatic carbocycles. The number of aromatic nitrogens is 3. The maximum absolute atomic E-state index is 15.2. The number of likely N-dealkylation sites (N-methyl/N-ethyl adjacent to an activating group) is 1. The van der Waals surface area contributed by atoms with E-state index in [1.165, 1.54) is 70.6 Å². The molecule has 0 spiro atoms. The van der Waals surface area contributed by atoms with Gasteiger partial charge in [-0.25, -0.2) is 23.5 Å². The van der Waals surface area contributed by atoms with Crippen molar-refractivity contribution in [1.29, 1.82) is 0 Å². The third-order valence-electron chi connectivity index (χ3n) is 7.33. The molecule has 6 rings (SSSR count). The molecule has 3 aromatic heterocycles. The fourth-order valence-electron chi connectivity index (χ4n) is 4.87. The van der Waals surface area contributed by atoms with Gasteiger partial charge in [-0.05, 0) is 55.1 Å². The number of halogens is 3. The number of benzene rings is 2. The van der Waals surface area contributed by atoms with Gasteiger partial charge in [0.25, 0.3) is 5.56 Å². The standard InChI is InChI=1S/C31H25ClF2N6O4S/c1-38-10-12-39(13-11-38)31(43)37-28-27(32)26(8-9-35-28)44-25-7-2-18(14-22(25)34)15-24(41)21-16-23-30(45-17-36-23)40(29(21)42)20-5-3-19(33)4-6-20/h2-9,14,16-17H,10-13,15H2,1H3,(H,35,37,43). The van der Waals surface area contributed by atoms with Crippen molar-refractivity contribution in [2.75, 3.05) is 38.5 Å². The van der Waals surface area contributed by atoms with Crippen molar-refractivity contribution in [2.24, 2.45) is 0 Å². The predicted molar refractivity (Wildman–Crippen MR) is 167 cm³/mol. The molecule has 0 unspecified atom stereocenters. The van der Waals surface area contributed by atoms with Gasteiger partial charge in [-0.2, -0.15) is 0 Å². The van der Waals surface area contributed by atoms with Gasteiger partial charge >= 0.3 is 6.03 Å². The molecule has 0 atom stereocenters. The Morgan fingerprint density at radius 1 is 1.00 bits per heavy atom. The second-order valence-electron chi connectivity index (χ2n) is 10.4. The molecule has 0 saturated carbocycles. The molecule has 45 heavy (non-hydrogen) atoms. The summed E-state index contributed by atoms with van der Waals surface area (Å²) in [6.07, 6.45) is 1.10. The van der Waals surface area contributed by atoms with Gasteiger partial charge in [0, 0.05) is 44.9 Å². The Morgan fingerprint density at radius 2 is 1.76 bits per heavy atom. The van der Waals surface area contributed by atoms with Gasteiger partial charge in [0.2, 0.25) is 0 Å². The van der Waals surface area contributed by atoms with Crippen LogP contribution in [0.25, 0.3) is 16.0 Å². The highest BCUT2D eigenvalue weighted by Gasteiger charge is 2.22. The molecule has 230 valence electrons. The number of urea groups is 1. The van der Waals surface area contributed by atoms with Gasteiger partial charge in [0.05, 0.1) is 22.3 Å². The van der Waals surface area contributed by atoms with Crippen molar-refractivity contribution in [3.63, 3.8) is 0 Å². The first-order valence-corrected chi connectivity index (χ1v) is 15.1. The molecule has 1 saturated heterocycles. The van der Waals surface area contributed by atoms with Gasteiger partial charge in [0.1, 0.15) is 15.7 Å². The van der Waals surface area contributed by atoms with Crippen LogP contribution in [0.1, 0.15) is 15.9 Å². The monoisotopic (exact) mass is 650 g/mol. The lowest BCUT2D eigenvalue weighted by Crippen LogP contribution is -2.48. The first kappa shape index (κ1) is 30.3. The summed E-state index contributed by atoms with van der Waals surface area (Å²) in [6, 6.07) is 11.8. The Labute approximate surface area is 264 Å². The average molecular weight is 651 g/mol. The summed E-state index contributed by atoms with van der Waals surface area (Å²) in [5.41, 5.74) is 1.94. The lowest BCUT2D eigenvalue weighted by molar-refractivity contribution is 0.0991. The van der Waals surface area contributed by atoms with E-state index in [2.05, 4.69) is 20.2 Å². The van der Waals surface area contributed by atoms with E-state index in [4.69, 9.17) is 16.3 Å². The van der Waals surface area contributed by atoms with E-state index < -0.39 is 23.0 Å². The quantitative estimate of drug-likeness (QED) is 0.223. The topological polar surface area (TPSA) is 110 Å². The van der Waals surface area contributed by atoms with Crippen LogP contribution in [-0.4, -0.2) is 69.4 Å². The van der Waals surface area contributed by atoms with Crippen LogP contribution in [0.15, 0.2) is 71.1 Å². The third-order valence-corrected chi connectivity index (χ3v) is 8.52. The zero-order chi connectivity index (χ0) is 31.7. The zero-order valence-corrected chi connectivity index (χ0v) is 25.4. The lowest BCUT2D eigenvalue weighted by Gasteiger charge is -2.32. The van der Waals surface area contributed by atoms with Crippen LogP contribution in [0, 0.1) is 11.6 Å². The molecule has 2 amide bonds. The minimum atomic E-state index is -0.769. The third kappa shape index (κ3) is 6.41. The summed E-state index contributed by atoms with van der Waals surface area (Å²) in [6.45, 7) is 2.60. The lowest BCUT2D eigenvalue weighted by atomic mass is 10.0. The number of hydrogen-bond acceptors (Lipinski definition) is 8. The zero-order valence-electron chi connectivity index (χ0n) is 23.8. The maximum Gasteiger partial charge on any atom is 0.323 e. The van der Waals surface area contributed by atoms with E-state index in [-0.39, 0.29) is 40.4 Å². The van der Waals surface area contributed by atoms with Crippen molar-refractivity contribution in [3.8, 4) is 17.2 Å². The molecule has 0 bridgehead atoms. The van der Waals surface area contributed by atoms with Gasteiger partial charge < -0.3 is 14.5 Å². The molecular weight excluding hydrogens is 626 g/mol. The first-order valence-electron chi connectivity index (χ1n) is 13.8. The van der Waals surface area contributed by atoms with E-state index in [9.17, 15) is 18.8 Å². The fraction of sp³-hybridized carbons (Fsp3) is 0.194. The SMILES string of the molecule is CN1CCN(C(=O)Nc2nccc(Oc3ccc(CC(=O)c4cc5ncsc5n(-c5ccc(F)cc5)c4=O)cc3F)c2Cl)CC1. The van der Waals surface area contributed by atoms with Crippen LogP contribution in [0.4, 0.5) is 19.4 Å². The molecule has 0 radical (unpaired) electrons. The summed E-state index contributed by atoms with van der Waals surface area (Å²) in [4.78, 5) is 52.1. The van der Waals surface area contributed by atoms with E-state index in [0.29, 0.717) is 34.7 Å². The van der Waals surface area contributed by atoms with Crippen LogP contribution in [0.3, 0.4) is 0 Å². The van der Waals surface area contributed by atoms with Gasteiger partial charge in [-0.3, -0.25) is 19.5 Å². The Balaban J connectivity index is 1.19. The normalized spacial score (nSPS) is 13.6. The maximum atomic E-state index is 15.2. The van der Waals surface area contributed by atoms with Crippen LogP contribution >= 0.6 is 22.9 Å². The second-order valence-corrected chi connectivity index (χ2v) is 11.6. The summed E-state index contributed by atoms with van der Waals surface area (Å²) in [5.74, 6) is -1.80. The molecule has 2 aromatic carbocycles. The van der Waals surface area contributed by atoms with Crippen molar-refractivity contribution in [2.45, 2.75) is 6.42 Å². The number of amides is 2. The Kier molecular flexibility index (Phi) is 8.57. The van der Waals surface area contributed by atoms with Crippen LogP contribution in [0.5, 0.6) is 11.5 Å². The smallest absolute Gasteiger partial charge is 0.323 e. The van der Waals surface area contributed by atoms with E-state index in [0.717, 1.165) is 19.2 Å². The van der Waals surface area contributed by atoms with Crippen molar-refractivity contribution in [3.05, 3.63) is 104 Å². The van der Waals surface area contributed by atoms with Crippen LogP contribution in [0.2, 0.25) is 5.02 Å². The average Bonchev–Trinajstić information content (AvgIpc) is 3.49. The molecule has 1 fully saturated rings. The van der Waals surface area contributed by atoms with Gasteiger partial charge in [-0.1, -0.05) is 17.7 Å². The number of piperazine rings is 1. The molecular formula is C31H25ClF2N6O4S. The predicted octanol–water partition coefficient (Wildman–Crippen LogP) is 5.77. The number of nitrogens with zero attached hydrogens (tertiary/aromatic N) is 5. The van der Waals surface area contributed by atoms with Crippen LogP contribution in [-0.2, 0) is 6.42 Å². The van der Waals surface area contributed by atoms with E-state index in [1.54, 1.807) is 10.4 Å². The highest BCUT2D eigenvalue weighted by atomic mass is 35.5. The Morgan fingerprint density at radius 3 is 2.49 bits per heavy atom. The number of rotatable bonds is 7. The number of fused-ring (bicyclic) bond motifs is 1. The number of ketones is 1. The molecule has 10 nitrogen and oxygen atoms in total. The Bertz CT molecular complexity index is 1980. The minimum Gasteiger partial charge on any atom is -0.453 e. The molecule has 1 aliphatic rings. The highest BCUT2D eigenvalue weighted by molar-refractivity contribution is 7.16. The number of Topliss-reactive ketones (excluding diaryl/α,β-unsaturated/α-hetero) is 1. The number of carbonyl (C=O) groups excluding carboxylic acids is 2. The molecule has 1 N–H and O–H groups in total.